The SMILES string of the molecule is Cc1ccc(S(=O)(=O)CCN(C)C)c(N)c1. The van der Waals surface area contributed by atoms with Crippen molar-refractivity contribution in [3.63, 3.8) is 0 Å². The fraction of sp³-hybridized carbons (Fsp3) is 0.455. The topological polar surface area (TPSA) is 63.4 Å². The van der Waals surface area contributed by atoms with E-state index in [9.17, 15) is 8.42 Å². The van der Waals surface area contributed by atoms with Gasteiger partial charge in [0.1, 0.15) is 0 Å². The zero-order chi connectivity index (χ0) is 12.3. The Kier molecular flexibility index (Phi) is 3.93. The maximum atomic E-state index is 12.0. The second-order valence-corrected chi connectivity index (χ2v) is 6.24. The highest BCUT2D eigenvalue weighted by Crippen LogP contribution is 2.20. The highest BCUT2D eigenvalue weighted by atomic mass is 32.2. The van der Waals surface area contributed by atoms with Crippen LogP contribution < -0.4 is 5.73 Å². The first kappa shape index (κ1) is 13.0. The number of nitrogen functional groups attached to an aromatic ring is 1. The van der Waals surface area contributed by atoms with Crippen molar-refractivity contribution in [1.82, 2.24) is 4.90 Å². The summed E-state index contributed by atoms with van der Waals surface area (Å²) in [6.45, 7) is 2.38. The molecule has 0 aliphatic carbocycles. The largest absolute Gasteiger partial charge is 0.398 e. The molecule has 0 aromatic heterocycles. The van der Waals surface area contributed by atoms with Crippen LogP contribution in [0.15, 0.2) is 23.1 Å². The third-order valence-electron chi connectivity index (χ3n) is 2.31. The molecule has 90 valence electrons. The molecule has 0 saturated heterocycles. The predicted octanol–water partition coefficient (Wildman–Crippen LogP) is 0.913. The lowest BCUT2D eigenvalue weighted by atomic mass is 10.2. The maximum absolute atomic E-state index is 12.0. The molecule has 1 aromatic rings. The Bertz CT molecular complexity index is 467. The van der Waals surface area contributed by atoms with Crippen molar-refractivity contribution in [2.45, 2.75) is 11.8 Å². The predicted molar refractivity (Wildman–Crippen MR) is 66.2 cm³/mol. The van der Waals surface area contributed by atoms with Crippen molar-refractivity contribution >= 4 is 15.5 Å². The molecule has 0 bridgehead atoms. The van der Waals surface area contributed by atoms with Crippen molar-refractivity contribution in [2.75, 3.05) is 32.1 Å². The second kappa shape index (κ2) is 4.84. The van der Waals surface area contributed by atoms with Gasteiger partial charge in [0.15, 0.2) is 9.84 Å². The van der Waals surface area contributed by atoms with Gasteiger partial charge in [-0.1, -0.05) is 6.07 Å². The smallest absolute Gasteiger partial charge is 0.181 e. The highest BCUT2D eigenvalue weighted by molar-refractivity contribution is 7.91. The van der Waals surface area contributed by atoms with Crippen LogP contribution >= 0.6 is 0 Å². The van der Waals surface area contributed by atoms with Crippen LogP contribution in [0, 0.1) is 6.92 Å². The lowest BCUT2D eigenvalue weighted by molar-refractivity contribution is 0.432. The van der Waals surface area contributed by atoms with E-state index in [0.717, 1.165) is 5.56 Å². The van der Waals surface area contributed by atoms with Gasteiger partial charge in [-0.2, -0.15) is 0 Å². The first-order chi connectivity index (χ1) is 7.33. The summed E-state index contributed by atoms with van der Waals surface area (Å²) in [5.74, 6) is 0.0905. The Labute approximate surface area is 97.0 Å². The lowest BCUT2D eigenvalue weighted by Gasteiger charge is -2.11. The quantitative estimate of drug-likeness (QED) is 0.797. The number of nitrogens with zero attached hydrogens (tertiary/aromatic N) is 1. The van der Waals surface area contributed by atoms with Gasteiger partial charge in [-0.05, 0) is 38.7 Å². The number of nitrogens with two attached hydrogens (primary N) is 1. The molecular weight excluding hydrogens is 224 g/mol. The fourth-order valence-corrected chi connectivity index (χ4v) is 2.88. The van der Waals surface area contributed by atoms with Crippen molar-refractivity contribution in [2.24, 2.45) is 0 Å². The summed E-state index contributed by atoms with van der Waals surface area (Å²) in [4.78, 5) is 2.07. The van der Waals surface area contributed by atoms with E-state index in [1.807, 2.05) is 25.9 Å². The molecule has 5 heteroatoms. The van der Waals surface area contributed by atoms with Crippen LogP contribution in [0.5, 0.6) is 0 Å². The van der Waals surface area contributed by atoms with Crippen molar-refractivity contribution in [3.05, 3.63) is 23.8 Å². The summed E-state index contributed by atoms with van der Waals surface area (Å²) in [7, 11) is 0.413. The summed E-state index contributed by atoms with van der Waals surface area (Å²) in [5, 5.41) is 0. The van der Waals surface area contributed by atoms with Crippen LogP contribution in [-0.4, -0.2) is 39.7 Å². The summed E-state index contributed by atoms with van der Waals surface area (Å²) < 4.78 is 23.9. The monoisotopic (exact) mass is 242 g/mol. The van der Waals surface area contributed by atoms with Gasteiger partial charge < -0.3 is 10.6 Å². The number of hydrogen-bond donors (Lipinski definition) is 1. The van der Waals surface area contributed by atoms with Crippen molar-refractivity contribution in [3.8, 4) is 0 Å². The summed E-state index contributed by atoms with van der Waals surface area (Å²) in [5.41, 5.74) is 7.02. The molecule has 4 nitrogen and oxygen atoms in total. The summed E-state index contributed by atoms with van der Waals surface area (Å²) in [6, 6.07) is 5.02. The van der Waals surface area contributed by atoms with Crippen LogP contribution in [-0.2, 0) is 9.84 Å². The molecule has 2 N–H and O–H groups in total. The van der Waals surface area contributed by atoms with E-state index in [1.54, 1.807) is 18.2 Å². The molecule has 1 rings (SSSR count). The molecule has 0 saturated carbocycles. The average molecular weight is 242 g/mol. The van der Waals surface area contributed by atoms with Crippen molar-refractivity contribution in [1.29, 1.82) is 0 Å². The van der Waals surface area contributed by atoms with Gasteiger partial charge in [0.25, 0.3) is 0 Å². The van der Waals surface area contributed by atoms with Gasteiger partial charge in [-0.3, -0.25) is 0 Å². The Balaban J connectivity index is 2.99. The maximum Gasteiger partial charge on any atom is 0.181 e. The Hall–Kier alpha value is -1.07. The highest BCUT2D eigenvalue weighted by Gasteiger charge is 2.17. The molecule has 0 aliphatic rings. The third-order valence-corrected chi connectivity index (χ3v) is 4.07. The fourth-order valence-electron chi connectivity index (χ4n) is 1.36. The van der Waals surface area contributed by atoms with Crippen LogP contribution in [0.25, 0.3) is 0 Å². The molecule has 0 fully saturated rings. The average Bonchev–Trinajstić information content (AvgIpc) is 2.14. The Morgan fingerprint density at radius 3 is 2.44 bits per heavy atom. The standard InChI is InChI=1S/C11H18N2O2S/c1-9-4-5-11(10(12)8-9)16(14,15)7-6-13(2)3/h4-5,8H,6-7,12H2,1-3H3. The zero-order valence-corrected chi connectivity index (χ0v) is 10.7. The van der Waals surface area contributed by atoms with Gasteiger partial charge in [0, 0.05) is 6.54 Å². The molecule has 16 heavy (non-hydrogen) atoms. The van der Waals surface area contributed by atoms with E-state index in [0.29, 0.717) is 12.2 Å². The van der Waals surface area contributed by atoms with Crippen LogP contribution in [0.3, 0.4) is 0 Å². The summed E-state index contributed by atoms with van der Waals surface area (Å²) in [6.07, 6.45) is 0. The van der Waals surface area contributed by atoms with Gasteiger partial charge >= 0.3 is 0 Å². The Morgan fingerprint density at radius 1 is 1.31 bits per heavy atom. The molecule has 0 amide bonds. The molecule has 0 radical (unpaired) electrons. The molecule has 1 aromatic carbocycles. The van der Waals surface area contributed by atoms with E-state index in [-0.39, 0.29) is 10.6 Å². The summed E-state index contributed by atoms with van der Waals surface area (Å²) >= 11 is 0. The second-order valence-electron chi connectivity index (χ2n) is 4.16. The minimum atomic E-state index is -3.27. The van der Waals surface area contributed by atoms with E-state index in [2.05, 4.69) is 0 Å². The molecule has 0 unspecified atom stereocenters. The minimum Gasteiger partial charge on any atom is -0.398 e. The van der Waals surface area contributed by atoms with Crippen LogP contribution in [0.2, 0.25) is 0 Å². The first-order valence-electron chi connectivity index (χ1n) is 5.06. The Morgan fingerprint density at radius 2 is 1.94 bits per heavy atom. The van der Waals surface area contributed by atoms with Gasteiger partial charge in [-0.25, -0.2) is 8.42 Å². The number of rotatable bonds is 4. The van der Waals surface area contributed by atoms with Crippen molar-refractivity contribution < 1.29 is 8.42 Å². The van der Waals surface area contributed by atoms with E-state index < -0.39 is 9.84 Å². The molecule has 0 aliphatic heterocycles. The van der Waals surface area contributed by atoms with E-state index in [4.69, 9.17) is 5.73 Å². The number of benzene rings is 1. The molecule has 0 heterocycles. The first-order valence-corrected chi connectivity index (χ1v) is 6.72. The van der Waals surface area contributed by atoms with Gasteiger partial charge in [-0.15, -0.1) is 0 Å². The number of aryl methyl sites for hydroxylation is 1. The lowest BCUT2D eigenvalue weighted by Crippen LogP contribution is -2.22. The molecule has 0 atom stereocenters. The van der Waals surface area contributed by atoms with E-state index in [1.165, 1.54) is 0 Å². The normalized spacial score (nSPS) is 12.0. The van der Waals surface area contributed by atoms with Crippen LogP contribution in [0.1, 0.15) is 5.56 Å². The van der Waals surface area contributed by atoms with E-state index >= 15 is 0 Å². The molecular formula is C11H18N2O2S. The number of hydrogen-bond acceptors (Lipinski definition) is 4. The van der Waals surface area contributed by atoms with Gasteiger partial charge in [0.2, 0.25) is 0 Å². The minimum absolute atomic E-state index is 0.0905. The third kappa shape index (κ3) is 3.21. The van der Waals surface area contributed by atoms with Crippen LogP contribution in [0.4, 0.5) is 5.69 Å². The zero-order valence-electron chi connectivity index (χ0n) is 9.90. The number of sulfone groups is 1. The van der Waals surface area contributed by atoms with Gasteiger partial charge in [0.05, 0.1) is 16.3 Å². The molecule has 0 spiro atoms. The number of anilines is 1.